The SMILES string of the molecule is Cc1nn(-c2ccccc2Cl)c2sc(C(=O)OCC(=O)c3cccs3)cc12. The summed E-state index contributed by atoms with van der Waals surface area (Å²) in [5.74, 6) is -0.732. The van der Waals surface area contributed by atoms with E-state index in [2.05, 4.69) is 5.10 Å². The summed E-state index contributed by atoms with van der Waals surface area (Å²) in [5, 5.41) is 7.77. The lowest BCUT2D eigenvalue weighted by Gasteiger charge is -2.04. The van der Waals surface area contributed by atoms with Crippen LogP contribution >= 0.6 is 34.3 Å². The predicted octanol–water partition coefficient (Wildman–Crippen LogP) is 5.15. The molecule has 27 heavy (non-hydrogen) atoms. The third kappa shape index (κ3) is 3.41. The van der Waals surface area contributed by atoms with Crippen molar-refractivity contribution < 1.29 is 14.3 Å². The van der Waals surface area contributed by atoms with Crippen LogP contribution in [0.5, 0.6) is 0 Å². The van der Waals surface area contributed by atoms with Gasteiger partial charge in [-0.1, -0.05) is 29.8 Å². The van der Waals surface area contributed by atoms with E-state index in [4.69, 9.17) is 16.3 Å². The standard InChI is InChI=1S/C19H13ClN2O3S2/c1-11-12-9-17(19(24)25-10-15(23)16-7-4-8-26-16)27-18(12)22(21-11)14-6-3-2-5-13(14)20/h2-9H,10H2,1H3. The van der Waals surface area contributed by atoms with Crippen LogP contribution in [0.2, 0.25) is 5.02 Å². The van der Waals surface area contributed by atoms with Crippen molar-refractivity contribution in [1.29, 1.82) is 0 Å². The van der Waals surface area contributed by atoms with Gasteiger partial charge < -0.3 is 4.74 Å². The Morgan fingerprint density at radius 3 is 2.74 bits per heavy atom. The van der Waals surface area contributed by atoms with E-state index in [1.54, 1.807) is 28.9 Å². The third-order valence-corrected chi connectivity index (χ3v) is 6.28. The highest BCUT2D eigenvalue weighted by Gasteiger charge is 2.20. The number of esters is 1. The van der Waals surface area contributed by atoms with Gasteiger partial charge in [-0.05, 0) is 36.6 Å². The number of Topliss-reactive ketones (excluding diaryl/α,β-unsaturated/α-hetero) is 1. The van der Waals surface area contributed by atoms with Crippen LogP contribution in [0.3, 0.4) is 0 Å². The number of para-hydroxylation sites is 1. The average molecular weight is 417 g/mol. The fraction of sp³-hybridized carbons (Fsp3) is 0.105. The number of rotatable bonds is 5. The molecule has 0 saturated heterocycles. The molecule has 1 aromatic carbocycles. The summed E-state index contributed by atoms with van der Waals surface area (Å²) >= 11 is 8.88. The van der Waals surface area contributed by atoms with Gasteiger partial charge in [0.25, 0.3) is 0 Å². The molecule has 0 fully saturated rings. The van der Waals surface area contributed by atoms with Crippen molar-refractivity contribution in [2.75, 3.05) is 6.61 Å². The number of aromatic nitrogens is 2. The zero-order valence-electron chi connectivity index (χ0n) is 14.1. The van der Waals surface area contributed by atoms with Gasteiger partial charge in [0, 0.05) is 5.39 Å². The highest BCUT2D eigenvalue weighted by atomic mass is 35.5. The van der Waals surface area contributed by atoms with E-state index in [1.165, 1.54) is 22.7 Å². The topological polar surface area (TPSA) is 61.2 Å². The number of benzene rings is 1. The molecular weight excluding hydrogens is 404 g/mol. The first-order valence-electron chi connectivity index (χ1n) is 8.02. The van der Waals surface area contributed by atoms with Gasteiger partial charge in [0.15, 0.2) is 6.61 Å². The van der Waals surface area contributed by atoms with Crippen LogP contribution in [-0.4, -0.2) is 28.1 Å². The Morgan fingerprint density at radius 1 is 1.19 bits per heavy atom. The van der Waals surface area contributed by atoms with Crippen LogP contribution in [0.15, 0.2) is 47.8 Å². The van der Waals surface area contributed by atoms with Gasteiger partial charge in [-0.3, -0.25) is 4.79 Å². The van der Waals surface area contributed by atoms with Gasteiger partial charge in [-0.25, -0.2) is 9.48 Å². The number of ketones is 1. The summed E-state index contributed by atoms with van der Waals surface area (Å²) in [5.41, 5.74) is 1.53. The lowest BCUT2D eigenvalue weighted by atomic mass is 10.3. The minimum atomic E-state index is -0.522. The Morgan fingerprint density at radius 2 is 2.00 bits per heavy atom. The summed E-state index contributed by atoms with van der Waals surface area (Å²) in [4.78, 5) is 26.2. The van der Waals surface area contributed by atoms with E-state index < -0.39 is 5.97 Å². The number of fused-ring (bicyclic) bond motifs is 1. The molecule has 0 spiro atoms. The number of aryl methyl sites for hydroxylation is 1. The lowest BCUT2D eigenvalue weighted by Crippen LogP contribution is -2.12. The first kappa shape index (κ1) is 17.9. The Bertz CT molecular complexity index is 1150. The highest BCUT2D eigenvalue weighted by molar-refractivity contribution is 7.20. The van der Waals surface area contributed by atoms with Gasteiger partial charge >= 0.3 is 5.97 Å². The van der Waals surface area contributed by atoms with E-state index in [0.29, 0.717) is 14.8 Å². The fourth-order valence-electron chi connectivity index (χ4n) is 2.65. The number of ether oxygens (including phenoxy) is 1. The fourth-order valence-corrected chi connectivity index (χ4v) is 4.58. The Hall–Kier alpha value is -2.48. The van der Waals surface area contributed by atoms with Crippen LogP contribution in [0.4, 0.5) is 0 Å². The second-order valence-corrected chi connectivity index (χ2v) is 8.14. The average Bonchev–Trinajstić information content (AvgIpc) is 3.38. The van der Waals surface area contributed by atoms with Crippen LogP contribution < -0.4 is 0 Å². The Kier molecular flexibility index (Phi) is 4.82. The Balaban J connectivity index is 1.60. The van der Waals surface area contributed by atoms with Crippen molar-refractivity contribution in [2.24, 2.45) is 0 Å². The number of hydrogen-bond acceptors (Lipinski definition) is 6. The molecule has 0 N–H and O–H groups in total. The van der Waals surface area contributed by atoms with Crippen LogP contribution in [0.1, 0.15) is 25.0 Å². The summed E-state index contributed by atoms with van der Waals surface area (Å²) in [6.45, 7) is 1.60. The number of nitrogens with zero attached hydrogens (tertiary/aromatic N) is 2. The number of thiophene rings is 2. The van der Waals surface area contributed by atoms with Crippen molar-refractivity contribution in [1.82, 2.24) is 9.78 Å². The molecule has 0 aliphatic heterocycles. The number of hydrogen-bond donors (Lipinski definition) is 0. The van der Waals surface area contributed by atoms with Crippen molar-refractivity contribution in [3.05, 3.63) is 68.3 Å². The molecule has 0 amide bonds. The molecule has 0 aliphatic carbocycles. The second-order valence-electron chi connectivity index (χ2n) is 5.75. The maximum Gasteiger partial charge on any atom is 0.348 e. The largest absolute Gasteiger partial charge is 0.453 e. The molecule has 0 atom stereocenters. The zero-order chi connectivity index (χ0) is 19.0. The minimum Gasteiger partial charge on any atom is -0.453 e. The predicted molar refractivity (Wildman–Crippen MR) is 108 cm³/mol. The lowest BCUT2D eigenvalue weighted by molar-refractivity contribution is 0.0481. The highest BCUT2D eigenvalue weighted by Crippen LogP contribution is 2.32. The van der Waals surface area contributed by atoms with Crippen LogP contribution in [0, 0.1) is 6.92 Å². The summed E-state index contributed by atoms with van der Waals surface area (Å²) in [6.07, 6.45) is 0. The van der Waals surface area contributed by atoms with Gasteiger partial charge in [0.2, 0.25) is 5.78 Å². The minimum absolute atomic E-state index is 0.210. The molecule has 3 aromatic heterocycles. The first-order valence-corrected chi connectivity index (χ1v) is 10.1. The molecule has 0 radical (unpaired) electrons. The van der Waals surface area contributed by atoms with Gasteiger partial charge in [0.1, 0.15) is 9.71 Å². The zero-order valence-corrected chi connectivity index (χ0v) is 16.5. The molecular formula is C19H13ClN2O3S2. The van der Waals surface area contributed by atoms with E-state index in [9.17, 15) is 9.59 Å². The number of carbonyl (C=O) groups excluding carboxylic acids is 2. The number of carbonyl (C=O) groups is 2. The van der Waals surface area contributed by atoms with Crippen LogP contribution in [0.25, 0.3) is 15.9 Å². The molecule has 4 aromatic rings. The van der Waals surface area contributed by atoms with Crippen LogP contribution in [-0.2, 0) is 4.74 Å². The van der Waals surface area contributed by atoms with E-state index in [1.807, 2.05) is 30.5 Å². The smallest absolute Gasteiger partial charge is 0.348 e. The molecule has 3 heterocycles. The van der Waals surface area contributed by atoms with Gasteiger partial charge in [0.05, 0.1) is 21.3 Å². The van der Waals surface area contributed by atoms with E-state index in [0.717, 1.165) is 21.6 Å². The molecule has 4 rings (SSSR count). The second kappa shape index (κ2) is 7.26. The summed E-state index contributed by atoms with van der Waals surface area (Å²) in [6, 6.07) is 12.6. The molecule has 0 aliphatic rings. The monoisotopic (exact) mass is 416 g/mol. The molecule has 8 heteroatoms. The van der Waals surface area contributed by atoms with E-state index in [-0.39, 0.29) is 12.4 Å². The van der Waals surface area contributed by atoms with Gasteiger partial charge in [-0.2, -0.15) is 5.10 Å². The van der Waals surface area contributed by atoms with Crippen molar-refractivity contribution in [3.63, 3.8) is 0 Å². The molecule has 0 unspecified atom stereocenters. The Labute approximate surface area is 167 Å². The molecule has 5 nitrogen and oxygen atoms in total. The maximum absolute atomic E-state index is 12.4. The third-order valence-electron chi connectivity index (χ3n) is 3.96. The first-order chi connectivity index (χ1) is 13.0. The van der Waals surface area contributed by atoms with Crippen molar-refractivity contribution >= 4 is 56.2 Å². The summed E-state index contributed by atoms with van der Waals surface area (Å²) in [7, 11) is 0. The van der Waals surface area contributed by atoms with Crippen molar-refractivity contribution in [3.8, 4) is 5.69 Å². The normalized spacial score (nSPS) is 11.0. The summed E-state index contributed by atoms with van der Waals surface area (Å²) < 4.78 is 6.92. The molecule has 0 bridgehead atoms. The quantitative estimate of drug-likeness (QED) is 0.333. The molecule has 0 saturated carbocycles. The van der Waals surface area contributed by atoms with Gasteiger partial charge in [-0.15, -0.1) is 22.7 Å². The van der Waals surface area contributed by atoms with Crippen molar-refractivity contribution in [2.45, 2.75) is 6.92 Å². The molecule has 136 valence electrons. The number of halogens is 1. The van der Waals surface area contributed by atoms with E-state index >= 15 is 0 Å². The maximum atomic E-state index is 12.4.